The first-order valence-corrected chi connectivity index (χ1v) is 8.84. The van der Waals surface area contributed by atoms with Gasteiger partial charge in [-0.1, -0.05) is 12.1 Å². The van der Waals surface area contributed by atoms with E-state index in [0.717, 1.165) is 5.52 Å². The highest BCUT2D eigenvalue weighted by Gasteiger charge is 2.15. The number of hydrogen-bond donors (Lipinski definition) is 2. The van der Waals surface area contributed by atoms with Gasteiger partial charge in [0.25, 0.3) is 5.91 Å². The minimum absolute atomic E-state index is 0.00303. The second kappa shape index (κ2) is 6.15. The van der Waals surface area contributed by atoms with E-state index in [2.05, 4.69) is 5.32 Å². The lowest BCUT2D eigenvalue weighted by Crippen LogP contribution is -2.23. The van der Waals surface area contributed by atoms with Crippen LogP contribution in [0.1, 0.15) is 10.4 Å². The molecule has 0 bridgehead atoms. The number of primary sulfonamides is 1. The zero-order valence-electron chi connectivity index (χ0n) is 13.3. The molecule has 3 rings (SSSR count). The number of pyridine rings is 1. The second-order valence-corrected chi connectivity index (χ2v) is 7.08. The van der Waals surface area contributed by atoms with Gasteiger partial charge in [0.05, 0.1) is 10.4 Å². The molecule has 0 unspecified atom stereocenters. The number of hydrogen-bond acceptors (Lipinski definition) is 4. The Labute approximate surface area is 143 Å². The first-order valence-electron chi connectivity index (χ1n) is 7.30. The highest BCUT2D eigenvalue weighted by atomic mass is 32.2. The van der Waals surface area contributed by atoms with Crippen molar-refractivity contribution < 1.29 is 13.2 Å². The second-order valence-electron chi connectivity index (χ2n) is 5.52. The fraction of sp³-hybridized carbons (Fsp3) is 0.0588. The maximum Gasteiger partial charge on any atom is 0.261 e. The summed E-state index contributed by atoms with van der Waals surface area (Å²) in [5.74, 6) is -0.574. The Morgan fingerprint density at radius 2 is 1.72 bits per heavy atom. The van der Waals surface area contributed by atoms with Crippen molar-refractivity contribution in [1.29, 1.82) is 0 Å². The summed E-state index contributed by atoms with van der Waals surface area (Å²) in [7, 11) is -2.05. The zero-order valence-corrected chi connectivity index (χ0v) is 14.1. The Bertz CT molecular complexity index is 1130. The summed E-state index contributed by atoms with van der Waals surface area (Å²) in [4.78, 5) is 24.9. The van der Waals surface area contributed by atoms with E-state index in [1.165, 1.54) is 30.5 Å². The van der Waals surface area contributed by atoms with Gasteiger partial charge in [-0.2, -0.15) is 0 Å². The SMILES string of the molecule is Cn1cc(C(=O)Nc2ccc(S(N)(=O)=O)cc2)c(=O)c2ccccc21. The van der Waals surface area contributed by atoms with Crippen molar-refractivity contribution in [2.75, 3.05) is 5.32 Å². The maximum atomic E-state index is 12.5. The van der Waals surface area contributed by atoms with Crippen LogP contribution in [-0.2, 0) is 17.1 Å². The van der Waals surface area contributed by atoms with Crippen LogP contribution in [0, 0.1) is 0 Å². The molecule has 0 atom stereocenters. The van der Waals surface area contributed by atoms with Gasteiger partial charge in [0, 0.05) is 24.3 Å². The largest absolute Gasteiger partial charge is 0.350 e. The van der Waals surface area contributed by atoms with Crippen LogP contribution in [-0.4, -0.2) is 18.9 Å². The fourth-order valence-corrected chi connectivity index (χ4v) is 3.04. The number of amides is 1. The summed E-state index contributed by atoms with van der Waals surface area (Å²) in [6.45, 7) is 0. The summed E-state index contributed by atoms with van der Waals surface area (Å²) in [6, 6.07) is 12.4. The van der Waals surface area contributed by atoms with Crippen molar-refractivity contribution in [2.24, 2.45) is 12.2 Å². The number of para-hydroxylation sites is 1. The van der Waals surface area contributed by atoms with E-state index >= 15 is 0 Å². The van der Waals surface area contributed by atoms with E-state index in [-0.39, 0.29) is 15.9 Å². The molecule has 0 saturated heterocycles. The number of sulfonamides is 1. The van der Waals surface area contributed by atoms with Gasteiger partial charge < -0.3 is 9.88 Å². The number of fused-ring (bicyclic) bond motifs is 1. The highest BCUT2D eigenvalue weighted by Crippen LogP contribution is 2.15. The molecule has 0 fully saturated rings. The molecule has 0 spiro atoms. The molecule has 3 N–H and O–H groups in total. The van der Waals surface area contributed by atoms with Crippen molar-refractivity contribution in [2.45, 2.75) is 4.90 Å². The van der Waals surface area contributed by atoms with Gasteiger partial charge in [0.1, 0.15) is 5.56 Å². The van der Waals surface area contributed by atoms with Gasteiger partial charge in [0.15, 0.2) is 0 Å². The van der Waals surface area contributed by atoms with Gasteiger partial charge in [-0.3, -0.25) is 9.59 Å². The van der Waals surface area contributed by atoms with Crippen LogP contribution in [0.15, 0.2) is 64.4 Å². The molecule has 3 aromatic rings. The molecule has 0 radical (unpaired) electrons. The average molecular weight is 357 g/mol. The number of anilines is 1. The van der Waals surface area contributed by atoms with Crippen LogP contribution in [0.3, 0.4) is 0 Å². The Morgan fingerprint density at radius 3 is 2.36 bits per heavy atom. The molecule has 1 aromatic heterocycles. The van der Waals surface area contributed by atoms with Crippen LogP contribution in [0.5, 0.6) is 0 Å². The molecule has 7 nitrogen and oxygen atoms in total. The minimum Gasteiger partial charge on any atom is -0.350 e. The highest BCUT2D eigenvalue weighted by molar-refractivity contribution is 7.89. The fourth-order valence-electron chi connectivity index (χ4n) is 2.53. The molecule has 25 heavy (non-hydrogen) atoms. The molecule has 1 amide bonds. The lowest BCUT2D eigenvalue weighted by molar-refractivity contribution is 0.102. The Balaban J connectivity index is 1.95. The van der Waals surface area contributed by atoms with E-state index < -0.39 is 15.9 Å². The lowest BCUT2D eigenvalue weighted by atomic mass is 10.1. The molecule has 2 aromatic carbocycles. The number of aryl methyl sites for hydroxylation is 1. The van der Waals surface area contributed by atoms with E-state index in [9.17, 15) is 18.0 Å². The van der Waals surface area contributed by atoms with Crippen molar-refractivity contribution >= 4 is 32.5 Å². The third-order valence-electron chi connectivity index (χ3n) is 3.78. The predicted molar refractivity (Wildman–Crippen MR) is 95.0 cm³/mol. The molecular weight excluding hydrogens is 342 g/mol. The monoisotopic (exact) mass is 357 g/mol. The van der Waals surface area contributed by atoms with Crippen molar-refractivity contribution in [3.8, 4) is 0 Å². The molecule has 8 heteroatoms. The number of carbonyl (C=O) groups excluding carboxylic acids is 1. The van der Waals surface area contributed by atoms with Crippen LogP contribution in [0.4, 0.5) is 5.69 Å². The Kier molecular flexibility index (Phi) is 4.15. The number of carbonyl (C=O) groups is 1. The Hall–Kier alpha value is -2.97. The first-order chi connectivity index (χ1) is 11.8. The van der Waals surface area contributed by atoms with Crippen LogP contribution < -0.4 is 15.9 Å². The molecule has 0 aliphatic heterocycles. The number of nitrogens with two attached hydrogens (primary N) is 1. The summed E-state index contributed by atoms with van der Waals surface area (Å²) < 4.78 is 24.2. The average Bonchev–Trinajstić information content (AvgIpc) is 2.58. The lowest BCUT2D eigenvalue weighted by Gasteiger charge is -2.10. The number of nitrogens with one attached hydrogen (secondary N) is 1. The van der Waals surface area contributed by atoms with E-state index in [1.807, 2.05) is 6.07 Å². The van der Waals surface area contributed by atoms with Crippen molar-refractivity contribution in [1.82, 2.24) is 4.57 Å². The molecular formula is C17H15N3O4S. The van der Waals surface area contributed by atoms with Gasteiger partial charge >= 0.3 is 0 Å². The van der Waals surface area contributed by atoms with Crippen molar-refractivity contribution in [3.63, 3.8) is 0 Å². The smallest absolute Gasteiger partial charge is 0.261 e. The molecule has 128 valence electrons. The number of aromatic nitrogens is 1. The van der Waals surface area contributed by atoms with E-state index in [1.54, 1.807) is 29.8 Å². The predicted octanol–water partition coefficient (Wildman–Crippen LogP) is 1.44. The topological polar surface area (TPSA) is 111 Å². The third-order valence-corrected chi connectivity index (χ3v) is 4.71. The van der Waals surface area contributed by atoms with Crippen LogP contribution in [0.2, 0.25) is 0 Å². The third kappa shape index (κ3) is 3.30. The van der Waals surface area contributed by atoms with Gasteiger partial charge in [-0.25, -0.2) is 13.6 Å². The summed E-state index contributed by atoms with van der Waals surface area (Å²) in [5, 5.41) is 8.06. The maximum absolute atomic E-state index is 12.5. The molecule has 1 heterocycles. The standard InChI is InChI=1S/C17H15N3O4S/c1-20-10-14(16(21)13-4-2-3-5-15(13)20)17(22)19-11-6-8-12(9-7-11)25(18,23)24/h2-10H,1H3,(H,19,22)(H2,18,23,24). The first kappa shape index (κ1) is 16.9. The summed E-state index contributed by atoms with van der Waals surface area (Å²) in [5.41, 5.74) is 0.707. The molecule has 0 saturated carbocycles. The minimum atomic E-state index is -3.80. The number of rotatable bonds is 3. The van der Waals surface area contributed by atoms with Gasteiger partial charge in [-0.15, -0.1) is 0 Å². The zero-order chi connectivity index (χ0) is 18.2. The number of nitrogens with zero attached hydrogens (tertiary/aromatic N) is 1. The van der Waals surface area contributed by atoms with Gasteiger partial charge in [-0.05, 0) is 36.4 Å². The molecule has 0 aliphatic carbocycles. The quantitative estimate of drug-likeness (QED) is 0.739. The Morgan fingerprint density at radius 1 is 1.08 bits per heavy atom. The summed E-state index contributed by atoms with van der Waals surface area (Å²) >= 11 is 0. The number of benzene rings is 2. The van der Waals surface area contributed by atoms with Crippen molar-refractivity contribution in [3.05, 3.63) is 70.5 Å². The van der Waals surface area contributed by atoms with E-state index in [0.29, 0.717) is 11.1 Å². The normalized spacial score (nSPS) is 11.4. The van der Waals surface area contributed by atoms with E-state index in [4.69, 9.17) is 5.14 Å². The van der Waals surface area contributed by atoms with Crippen LogP contribution in [0.25, 0.3) is 10.9 Å². The summed E-state index contributed by atoms with van der Waals surface area (Å²) in [6.07, 6.45) is 1.47. The van der Waals surface area contributed by atoms with Gasteiger partial charge in [0.2, 0.25) is 15.5 Å². The van der Waals surface area contributed by atoms with Crippen LogP contribution >= 0.6 is 0 Å². The molecule has 0 aliphatic rings.